The summed E-state index contributed by atoms with van der Waals surface area (Å²) in [7, 11) is 1.37. The molecule has 1 aliphatic heterocycles. The third kappa shape index (κ3) is 4.45. The highest BCUT2D eigenvalue weighted by molar-refractivity contribution is 7.99. The lowest BCUT2D eigenvalue weighted by Gasteiger charge is -2.28. The summed E-state index contributed by atoms with van der Waals surface area (Å²) in [5, 5.41) is 12.8. The molecule has 3 amide bonds. The van der Waals surface area contributed by atoms with E-state index in [1.807, 2.05) is 12.1 Å². The van der Waals surface area contributed by atoms with Crippen molar-refractivity contribution in [3.63, 3.8) is 0 Å². The topological polar surface area (TPSA) is 112 Å². The number of nitrogens with zero attached hydrogens (tertiary/aromatic N) is 3. The number of carbonyl (C=O) groups excluding carboxylic acids is 2. The van der Waals surface area contributed by atoms with Crippen LogP contribution in [0, 0.1) is 0 Å². The zero-order valence-corrected chi connectivity index (χ0v) is 15.1. The number of benzene rings is 1. The van der Waals surface area contributed by atoms with E-state index in [4.69, 9.17) is 4.74 Å². The first kappa shape index (κ1) is 18.1. The van der Waals surface area contributed by atoms with Crippen LogP contribution in [-0.2, 0) is 11.2 Å². The van der Waals surface area contributed by atoms with E-state index in [1.165, 1.54) is 25.2 Å². The minimum atomic E-state index is -0.367. The molecule has 2 heterocycles. The van der Waals surface area contributed by atoms with Crippen LogP contribution >= 0.6 is 11.8 Å². The Balaban J connectivity index is 1.52. The number of thioether (sulfide) groups is 1. The van der Waals surface area contributed by atoms with Crippen molar-refractivity contribution in [3.05, 3.63) is 30.1 Å². The summed E-state index contributed by atoms with van der Waals surface area (Å²) in [5.41, 5.74) is 2.54. The van der Waals surface area contributed by atoms with Crippen LogP contribution in [0.15, 0.2) is 29.7 Å². The lowest BCUT2D eigenvalue weighted by molar-refractivity contribution is 0.178. The Hall–Kier alpha value is -2.75. The number of ether oxygens (including phenoxy) is 1. The second kappa shape index (κ2) is 8.56. The molecule has 26 heavy (non-hydrogen) atoms. The number of aromatic amines is 1. The number of urea groups is 1. The van der Waals surface area contributed by atoms with Crippen LogP contribution in [0.3, 0.4) is 0 Å². The van der Waals surface area contributed by atoms with Gasteiger partial charge in [-0.05, 0) is 36.6 Å². The van der Waals surface area contributed by atoms with E-state index in [-0.39, 0.29) is 12.1 Å². The van der Waals surface area contributed by atoms with Gasteiger partial charge in [0, 0.05) is 24.5 Å². The Morgan fingerprint density at radius 3 is 3.08 bits per heavy atom. The number of anilines is 2. The van der Waals surface area contributed by atoms with Crippen LogP contribution in [-0.4, -0.2) is 53.3 Å². The predicted molar refractivity (Wildman–Crippen MR) is 98.6 cm³/mol. The molecule has 0 atom stereocenters. The van der Waals surface area contributed by atoms with Crippen molar-refractivity contribution in [2.75, 3.05) is 36.2 Å². The molecule has 0 fully saturated rings. The molecule has 0 saturated heterocycles. The monoisotopic (exact) mass is 376 g/mol. The molecule has 0 aliphatic carbocycles. The lowest BCUT2D eigenvalue weighted by Crippen LogP contribution is -2.35. The summed E-state index contributed by atoms with van der Waals surface area (Å²) in [4.78, 5) is 29.5. The van der Waals surface area contributed by atoms with Gasteiger partial charge in [0.1, 0.15) is 6.33 Å². The van der Waals surface area contributed by atoms with Crippen molar-refractivity contribution in [2.24, 2.45) is 0 Å². The Bertz CT molecular complexity index is 767. The number of carbonyl (C=O) groups is 2. The first-order valence-corrected chi connectivity index (χ1v) is 9.17. The van der Waals surface area contributed by atoms with Crippen LogP contribution in [0.5, 0.6) is 0 Å². The molecule has 0 unspecified atom stereocenters. The quantitative estimate of drug-likeness (QED) is 0.545. The van der Waals surface area contributed by atoms with Crippen molar-refractivity contribution in [3.8, 4) is 0 Å². The summed E-state index contributed by atoms with van der Waals surface area (Å²) >= 11 is 1.48. The predicted octanol–water partition coefficient (Wildman–Crippen LogP) is 2.24. The molecular weight excluding hydrogens is 356 g/mol. The standard InChI is InChI=1S/C16H20N6O3S/c1-25-16(24)22-7-2-3-11-9-12(4-5-13(11)22)20-14(23)17-6-8-26-15-18-10-19-21-15/h4-5,9-10H,2-3,6-8H2,1H3,(H2,17,20,23)(H,18,19,21). The minimum absolute atomic E-state index is 0.274. The van der Waals surface area contributed by atoms with Crippen LogP contribution in [0.25, 0.3) is 0 Å². The number of hydrogen-bond acceptors (Lipinski definition) is 6. The van der Waals surface area contributed by atoms with Gasteiger partial charge in [-0.15, -0.1) is 0 Å². The van der Waals surface area contributed by atoms with E-state index in [0.29, 0.717) is 24.5 Å². The van der Waals surface area contributed by atoms with Crippen LogP contribution < -0.4 is 15.5 Å². The molecule has 3 rings (SSSR count). The van der Waals surface area contributed by atoms with Crippen molar-refractivity contribution in [1.82, 2.24) is 20.5 Å². The highest BCUT2D eigenvalue weighted by Gasteiger charge is 2.23. The number of H-pyrrole nitrogens is 1. The van der Waals surface area contributed by atoms with E-state index in [9.17, 15) is 9.59 Å². The van der Waals surface area contributed by atoms with Gasteiger partial charge in [0.2, 0.25) is 0 Å². The number of hydrogen-bond donors (Lipinski definition) is 3. The third-order valence-electron chi connectivity index (χ3n) is 3.87. The fraction of sp³-hybridized carbons (Fsp3) is 0.375. The fourth-order valence-electron chi connectivity index (χ4n) is 2.73. The number of methoxy groups -OCH3 is 1. The zero-order valence-electron chi connectivity index (χ0n) is 14.3. The summed E-state index contributed by atoms with van der Waals surface area (Å²) in [6.07, 6.45) is 2.79. The summed E-state index contributed by atoms with van der Waals surface area (Å²) in [5.74, 6) is 0.681. The smallest absolute Gasteiger partial charge is 0.414 e. The van der Waals surface area contributed by atoms with Gasteiger partial charge in [-0.1, -0.05) is 11.8 Å². The second-order valence-electron chi connectivity index (χ2n) is 5.59. The van der Waals surface area contributed by atoms with Crippen molar-refractivity contribution in [1.29, 1.82) is 0 Å². The zero-order chi connectivity index (χ0) is 18.4. The van der Waals surface area contributed by atoms with Gasteiger partial charge in [-0.25, -0.2) is 14.6 Å². The molecule has 0 radical (unpaired) electrons. The van der Waals surface area contributed by atoms with Gasteiger partial charge in [0.25, 0.3) is 0 Å². The molecule has 0 saturated carbocycles. The summed E-state index contributed by atoms with van der Waals surface area (Å²) < 4.78 is 4.82. The third-order valence-corrected chi connectivity index (χ3v) is 4.75. The average molecular weight is 376 g/mol. The van der Waals surface area contributed by atoms with Gasteiger partial charge >= 0.3 is 12.1 Å². The minimum Gasteiger partial charge on any atom is -0.452 e. The van der Waals surface area contributed by atoms with Gasteiger partial charge in [0.15, 0.2) is 5.16 Å². The Morgan fingerprint density at radius 2 is 2.31 bits per heavy atom. The Morgan fingerprint density at radius 1 is 1.42 bits per heavy atom. The number of rotatable bonds is 5. The van der Waals surface area contributed by atoms with E-state index in [1.54, 1.807) is 11.0 Å². The van der Waals surface area contributed by atoms with E-state index >= 15 is 0 Å². The number of nitrogens with one attached hydrogen (secondary N) is 3. The molecule has 10 heteroatoms. The molecule has 138 valence electrons. The molecule has 1 aromatic heterocycles. The molecule has 0 spiro atoms. The van der Waals surface area contributed by atoms with Gasteiger partial charge in [-0.3, -0.25) is 10.00 Å². The highest BCUT2D eigenvalue weighted by Crippen LogP contribution is 2.30. The van der Waals surface area contributed by atoms with Gasteiger partial charge in [0.05, 0.1) is 12.8 Å². The molecule has 1 aromatic carbocycles. The molecule has 3 N–H and O–H groups in total. The average Bonchev–Trinajstić information content (AvgIpc) is 3.17. The van der Waals surface area contributed by atoms with Gasteiger partial charge < -0.3 is 15.4 Å². The largest absolute Gasteiger partial charge is 0.452 e. The number of aromatic nitrogens is 3. The second-order valence-corrected chi connectivity index (χ2v) is 6.67. The van der Waals surface area contributed by atoms with Crippen LogP contribution in [0.2, 0.25) is 0 Å². The maximum Gasteiger partial charge on any atom is 0.414 e. The first-order valence-electron chi connectivity index (χ1n) is 8.19. The van der Waals surface area contributed by atoms with Crippen molar-refractivity contribution in [2.45, 2.75) is 18.0 Å². The maximum atomic E-state index is 12.0. The molecule has 0 bridgehead atoms. The van der Waals surface area contributed by atoms with E-state index in [0.717, 1.165) is 29.2 Å². The Kier molecular flexibility index (Phi) is 5.95. The Labute approximate surface area is 154 Å². The molecule has 1 aliphatic rings. The van der Waals surface area contributed by atoms with Crippen molar-refractivity contribution >= 4 is 35.3 Å². The number of fused-ring (bicyclic) bond motifs is 1. The fourth-order valence-corrected chi connectivity index (χ4v) is 3.36. The van der Waals surface area contributed by atoms with Crippen LogP contribution in [0.1, 0.15) is 12.0 Å². The van der Waals surface area contributed by atoms with Gasteiger partial charge in [-0.2, -0.15) is 5.10 Å². The van der Waals surface area contributed by atoms with Crippen molar-refractivity contribution < 1.29 is 14.3 Å². The van der Waals surface area contributed by atoms with Crippen LogP contribution in [0.4, 0.5) is 21.0 Å². The van der Waals surface area contributed by atoms with E-state index in [2.05, 4.69) is 25.8 Å². The molecule has 2 aromatic rings. The lowest BCUT2D eigenvalue weighted by atomic mass is 10.0. The highest BCUT2D eigenvalue weighted by atomic mass is 32.2. The normalized spacial score (nSPS) is 13.0. The molecule has 9 nitrogen and oxygen atoms in total. The van der Waals surface area contributed by atoms with E-state index < -0.39 is 0 Å². The number of amides is 3. The molecular formula is C16H20N6O3S. The summed E-state index contributed by atoms with van der Waals surface area (Å²) in [6.45, 7) is 1.13. The summed E-state index contributed by atoms with van der Waals surface area (Å²) in [6, 6.07) is 5.24. The first-order chi connectivity index (χ1) is 12.7. The number of aryl methyl sites for hydroxylation is 1. The maximum absolute atomic E-state index is 12.0. The SMILES string of the molecule is COC(=O)N1CCCc2cc(NC(=O)NCCSc3ncn[nH]3)ccc21.